The van der Waals surface area contributed by atoms with Gasteiger partial charge >= 0.3 is 6.36 Å². The van der Waals surface area contributed by atoms with Crippen molar-refractivity contribution < 1.29 is 17.9 Å². The van der Waals surface area contributed by atoms with Crippen LogP contribution < -0.4 is 10.1 Å². The van der Waals surface area contributed by atoms with E-state index >= 15 is 0 Å². The van der Waals surface area contributed by atoms with E-state index in [1.54, 1.807) is 18.2 Å². The molecule has 2 rings (SSSR count). The van der Waals surface area contributed by atoms with Gasteiger partial charge in [0.05, 0.1) is 0 Å². The summed E-state index contributed by atoms with van der Waals surface area (Å²) >= 11 is 0. The van der Waals surface area contributed by atoms with Gasteiger partial charge in [-0.05, 0) is 37.8 Å². The van der Waals surface area contributed by atoms with Crippen molar-refractivity contribution in [2.75, 3.05) is 7.05 Å². The monoisotopic (exact) mass is 301 g/mol. The van der Waals surface area contributed by atoms with E-state index in [9.17, 15) is 13.2 Å². The fourth-order valence-corrected chi connectivity index (χ4v) is 3.65. The predicted molar refractivity (Wildman–Crippen MR) is 76.1 cm³/mol. The van der Waals surface area contributed by atoms with Gasteiger partial charge in [-0.1, -0.05) is 38.0 Å². The van der Waals surface area contributed by atoms with Gasteiger partial charge in [0.15, 0.2) is 0 Å². The van der Waals surface area contributed by atoms with Gasteiger partial charge in [0.2, 0.25) is 0 Å². The first-order valence-electron chi connectivity index (χ1n) is 7.44. The molecule has 1 atom stereocenters. The Hall–Kier alpha value is -1.23. The summed E-state index contributed by atoms with van der Waals surface area (Å²) in [4.78, 5) is 0. The third kappa shape index (κ3) is 3.51. The molecule has 0 bridgehead atoms. The first-order valence-corrected chi connectivity index (χ1v) is 7.44. The average molecular weight is 301 g/mol. The molecule has 1 aromatic carbocycles. The van der Waals surface area contributed by atoms with Gasteiger partial charge in [-0.3, -0.25) is 0 Å². The van der Waals surface area contributed by atoms with Gasteiger partial charge in [0.25, 0.3) is 0 Å². The number of rotatable bonds is 5. The minimum atomic E-state index is -4.66. The van der Waals surface area contributed by atoms with Crippen LogP contribution in [0.4, 0.5) is 13.2 Å². The molecule has 1 aliphatic rings. The van der Waals surface area contributed by atoms with Crippen LogP contribution in [0, 0.1) is 5.41 Å². The average Bonchev–Trinajstić information content (AvgIpc) is 2.90. The molecular formula is C16H22F3NO. The van der Waals surface area contributed by atoms with E-state index in [1.165, 1.54) is 6.07 Å². The van der Waals surface area contributed by atoms with Crippen molar-refractivity contribution >= 4 is 0 Å². The largest absolute Gasteiger partial charge is 0.573 e. The number of halogens is 3. The Morgan fingerprint density at radius 3 is 2.38 bits per heavy atom. The van der Waals surface area contributed by atoms with E-state index < -0.39 is 6.36 Å². The second-order valence-electron chi connectivity index (χ2n) is 5.73. The molecule has 0 heterocycles. The number of nitrogens with one attached hydrogen (secondary N) is 1. The van der Waals surface area contributed by atoms with Crippen molar-refractivity contribution in [3.8, 4) is 5.75 Å². The molecular weight excluding hydrogens is 279 g/mol. The van der Waals surface area contributed by atoms with Crippen LogP contribution in [-0.2, 0) is 0 Å². The lowest BCUT2D eigenvalue weighted by atomic mass is 9.73. The molecule has 2 nitrogen and oxygen atoms in total. The van der Waals surface area contributed by atoms with Crippen molar-refractivity contribution in [2.45, 2.75) is 51.4 Å². The second kappa shape index (κ2) is 6.26. The zero-order valence-electron chi connectivity index (χ0n) is 12.5. The highest BCUT2D eigenvalue weighted by Crippen LogP contribution is 2.51. The van der Waals surface area contributed by atoms with Gasteiger partial charge in [0.1, 0.15) is 5.75 Å². The molecule has 1 fully saturated rings. The van der Waals surface area contributed by atoms with Gasteiger partial charge in [-0.25, -0.2) is 0 Å². The van der Waals surface area contributed by atoms with Crippen molar-refractivity contribution in [2.24, 2.45) is 5.41 Å². The molecule has 0 amide bonds. The summed E-state index contributed by atoms with van der Waals surface area (Å²) < 4.78 is 42.0. The van der Waals surface area contributed by atoms with Crippen molar-refractivity contribution in [1.82, 2.24) is 5.32 Å². The number of hydrogen-bond donors (Lipinski definition) is 1. The summed E-state index contributed by atoms with van der Waals surface area (Å²) in [7, 11) is 1.81. The van der Waals surface area contributed by atoms with Crippen LogP contribution in [0.3, 0.4) is 0 Å². The van der Waals surface area contributed by atoms with Gasteiger partial charge in [-0.15, -0.1) is 13.2 Å². The molecule has 1 saturated carbocycles. The minimum Gasteiger partial charge on any atom is -0.405 e. The molecule has 0 radical (unpaired) electrons. The molecule has 5 heteroatoms. The number of ether oxygens (including phenoxy) is 1. The molecule has 1 aromatic rings. The number of benzene rings is 1. The van der Waals surface area contributed by atoms with E-state index in [0.717, 1.165) is 32.1 Å². The quantitative estimate of drug-likeness (QED) is 0.842. The normalized spacial score (nSPS) is 19.5. The first-order chi connectivity index (χ1) is 9.92. The number of alkyl halides is 3. The van der Waals surface area contributed by atoms with Crippen LogP contribution in [0.1, 0.15) is 50.6 Å². The molecule has 0 aliphatic heterocycles. The lowest BCUT2D eigenvalue weighted by Gasteiger charge is -2.38. The van der Waals surface area contributed by atoms with Crippen LogP contribution in [-0.4, -0.2) is 13.4 Å². The van der Waals surface area contributed by atoms with E-state index in [4.69, 9.17) is 0 Å². The van der Waals surface area contributed by atoms with Crippen LogP contribution in [0.25, 0.3) is 0 Å². The van der Waals surface area contributed by atoms with E-state index in [-0.39, 0.29) is 17.2 Å². The second-order valence-corrected chi connectivity index (χ2v) is 5.73. The Labute approximate surface area is 123 Å². The summed E-state index contributed by atoms with van der Waals surface area (Å²) in [6.45, 7) is 2.11. The zero-order valence-corrected chi connectivity index (χ0v) is 12.5. The van der Waals surface area contributed by atoms with Gasteiger partial charge in [-0.2, -0.15) is 0 Å². The molecule has 1 aliphatic carbocycles. The van der Waals surface area contributed by atoms with Crippen LogP contribution >= 0.6 is 0 Å². The maximum Gasteiger partial charge on any atom is 0.573 e. The third-order valence-electron chi connectivity index (χ3n) is 4.66. The third-order valence-corrected chi connectivity index (χ3v) is 4.66. The summed E-state index contributed by atoms with van der Waals surface area (Å²) in [6, 6.07) is 6.35. The highest BCUT2D eigenvalue weighted by atomic mass is 19.4. The highest BCUT2D eigenvalue weighted by molar-refractivity contribution is 5.37. The van der Waals surface area contributed by atoms with E-state index in [0.29, 0.717) is 5.56 Å². The maximum atomic E-state index is 12.6. The SMILES string of the molecule is CCC1(C(NC)c2ccccc2OC(F)(F)F)CCCC1. The maximum absolute atomic E-state index is 12.6. The lowest BCUT2D eigenvalue weighted by Crippen LogP contribution is -2.35. The number of para-hydroxylation sites is 1. The van der Waals surface area contributed by atoms with Crippen molar-refractivity contribution in [3.63, 3.8) is 0 Å². The fraction of sp³-hybridized carbons (Fsp3) is 0.625. The first kappa shape index (κ1) is 16.1. The minimum absolute atomic E-state index is 0.0137. The Kier molecular flexibility index (Phi) is 4.81. The van der Waals surface area contributed by atoms with E-state index in [1.807, 2.05) is 7.05 Å². The molecule has 0 saturated heterocycles. The summed E-state index contributed by atoms with van der Waals surface area (Å²) in [5.41, 5.74) is 0.612. The topological polar surface area (TPSA) is 21.3 Å². The van der Waals surface area contributed by atoms with Gasteiger partial charge < -0.3 is 10.1 Å². The van der Waals surface area contributed by atoms with E-state index in [2.05, 4.69) is 17.0 Å². The van der Waals surface area contributed by atoms with Gasteiger partial charge in [0, 0.05) is 11.6 Å². The Morgan fingerprint density at radius 1 is 1.24 bits per heavy atom. The summed E-state index contributed by atoms with van der Waals surface area (Å²) in [6.07, 6.45) is 0.621. The van der Waals surface area contributed by atoms with Crippen molar-refractivity contribution in [3.05, 3.63) is 29.8 Å². The molecule has 21 heavy (non-hydrogen) atoms. The van der Waals surface area contributed by atoms with Crippen LogP contribution in [0.15, 0.2) is 24.3 Å². The molecule has 1 unspecified atom stereocenters. The van der Waals surface area contributed by atoms with Crippen LogP contribution in [0.5, 0.6) is 5.75 Å². The summed E-state index contributed by atoms with van der Waals surface area (Å²) in [5, 5.41) is 3.23. The number of hydrogen-bond acceptors (Lipinski definition) is 2. The molecule has 0 aromatic heterocycles. The highest BCUT2D eigenvalue weighted by Gasteiger charge is 2.42. The zero-order chi connectivity index (χ0) is 15.5. The van der Waals surface area contributed by atoms with Crippen LogP contribution in [0.2, 0.25) is 0 Å². The Morgan fingerprint density at radius 2 is 1.86 bits per heavy atom. The Bertz CT molecular complexity index is 467. The smallest absolute Gasteiger partial charge is 0.405 e. The van der Waals surface area contributed by atoms with Crippen molar-refractivity contribution in [1.29, 1.82) is 0 Å². The lowest BCUT2D eigenvalue weighted by molar-refractivity contribution is -0.275. The predicted octanol–water partition coefficient (Wildman–Crippen LogP) is 4.82. The Balaban J connectivity index is 2.38. The molecule has 1 N–H and O–H groups in total. The molecule has 0 spiro atoms. The standard InChI is InChI=1S/C16H22F3NO/c1-3-15(10-6-7-11-15)14(20-2)12-8-4-5-9-13(12)21-16(17,18)19/h4-5,8-9,14,20H,3,6-7,10-11H2,1-2H3. The summed E-state index contributed by atoms with van der Waals surface area (Å²) in [5.74, 6) is -0.0934. The molecule has 118 valence electrons. The fourth-order valence-electron chi connectivity index (χ4n) is 3.65.